The molecule has 0 saturated heterocycles. The van der Waals surface area contributed by atoms with Gasteiger partial charge in [0, 0.05) is 24.4 Å². The zero-order valence-corrected chi connectivity index (χ0v) is 14.7. The van der Waals surface area contributed by atoms with Crippen LogP contribution >= 0.6 is 0 Å². The van der Waals surface area contributed by atoms with Gasteiger partial charge in [0.25, 0.3) is 0 Å². The van der Waals surface area contributed by atoms with Gasteiger partial charge in [-0.05, 0) is 24.1 Å². The first kappa shape index (κ1) is 17.1. The lowest BCUT2D eigenvalue weighted by Gasteiger charge is -2.11. The van der Waals surface area contributed by atoms with Crippen LogP contribution in [0.2, 0.25) is 0 Å². The van der Waals surface area contributed by atoms with E-state index in [1.54, 1.807) is 0 Å². The van der Waals surface area contributed by atoms with Crippen molar-refractivity contribution in [1.29, 1.82) is 0 Å². The molecule has 5 heteroatoms. The minimum Gasteiger partial charge on any atom is -0.354 e. The molecule has 0 saturated carbocycles. The van der Waals surface area contributed by atoms with Gasteiger partial charge in [-0.15, -0.1) is 0 Å². The van der Waals surface area contributed by atoms with Crippen LogP contribution in [0, 0.1) is 0 Å². The number of carbonyl (C=O) groups is 1. The quantitative estimate of drug-likeness (QED) is 0.704. The van der Waals surface area contributed by atoms with Crippen molar-refractivity contribution in [2.24, 2.45) is 0 Å². The molecule has 1 N–H and O–H groups in total. The van der Waals surface area contributed by atoms with Crippen LogP contribution in [0.15, 0.2) is 47.0 Å². The Morgan fingerprint density at radius 1 is 1.20 bits per heavy atom. The normalized spacial score (nSPS) is 12.2. The molecule has 1 aromatic heterocycles. The van der Waals surface area contributed by atoms with E-state index in [0.717, 1.165) is 29.2 Å². The summed E-state index contributed by atoms with van der Waals surface area (Å²) in [6.07, 6.45) is 2.84. The van der Waals surface area contributed by atoms with Gasteiger partial charge in [-0.3, -0.25) is 4.79 Å². The summed E-state index contributed by atoms with van der Waals surface area (Å²) in [6, 6.07) is 14.3. The van der Waals surface area contributed by atoms with E-state index < -0.39 is 0 Å². The smallest absolute Gasteiger partial charge is 0.227 e. The number of fused-ring (bicyclic) bond motifs is 1. The fraction of sp³-hybridized carbons (Fsp3) is 0.350. The number of rotatable bonds is 7. The molecule has 0 aliphatic heterocycles. The minimum absolute atomic E-state index is 0.0193. The van der Waals surface area contributed by atoms with Crippen molar-refractivity contribution in [2.45, 2.75) is 45.6 Å². The SMILES string of the molecule is CCC[C@H](C)NC(=O)CCc1nc(-c2cccc3ccccc23)no1. The second-order valence-electron chi connectivity index (χ2n) is 6.30. The van der Waals surface area contributed by atoms with E-state index in [2.05, 4.69) is 34.5 Å². The minimum atomic E-state index is 0.0193. The molecule has 0 spiro atoms. The summed E-state index contributed by atoms with van der Waals surface area (Å²) in [5, 5.41) is 9.29. The zero-order chi connectivity index (χ0) is 17.6. The summed E-state index contributed by atoms with van der Waals surface area (Å²) in [5.41, 5.74) is 0.939. The Balaban J connectivity index is 1.67. The molecule has 0 aliphatic carbocycles. The lowest BCUT2D eigenvalue weighted by atomic mass is 10.0. The average molecular weight is 337 g/mol. The fourth-order valence-electron chi connectivity index (χ4n) is 2.96. The maximum absolute atomic E-state index is 12.0. The molecule has 0 bridgehead atoms. The Bertz CT molecular complexity index is 852. The lowest BCUT2D eigenvalue weighted by molar-refractivity contribution is -0.121. The van der Waals surface area contributed by atoms with E-state index in [1.165, 1.54) is 0 Å². The van der Waals surface area contributed by atoms with Crippen LogP contribution in [-0.4, -0.2) is 22.1 Å². The molecule has 1 heterocycles. The first-order valence-electron chi connectivity index (χ1n) is 8.77. The summed E-state index contributed by atoms with van der Waals surface area (Å²) in [4.78, 5) is 16.4. The molecule has 25 heavy (non-hydrogen) atoms. The molecular formula is C20H23N3O2. The van der Waals surface area contributed by atoms with Crippen LogP contribution in [0.3, 0.4) is 0 Å². The summed E-state index contributed by atoms with van der Waals surface area (Å²) in [5.74, 6) is 1.07. The Labute approximate surface area is 147 Å². The van der Waals surface area contributed by atoms with Crippen molar-refractivity contribution >= 4 is 16.7 Å². The van der Waals surface area contributed by atoms with Crippen molar-refractivity contribution in [3.8, 4) is 11.4 Å². The highest BCUT2D eigenvalue weighted by atomic mass is 16.5. The number of aromatic nitrogens is 2. The highest BCUT2D eigenvalue weighted by Crippen LogP contribution is 2.26. The molecule has 0 fully saturated rings. The molecular weight excluding hydrogens is 314 g/mol. The van der Waals surface area contributed by atoms with E-state index in [-0.39, 0.29) is 11.9 Å². The second kappa shape index (κ2) is 7.92. The van der Waals surface area contributed by atoms with Crippen LogP contribution in [0.1, 0.15) is 39.0 Å². The van der Waals surface area contributed by atoms with E-state index in [4.69, 9.17) is 4.52 Å². The molecule has 1 amide bonds. The Kier molecular flexibility index (Phi) is 5.43. The van der Waals surface area contributed by atoms with Gasteiger partial charge >= 0.3 is 0 Å². The highest BCUT2D eigenvalue weighted by Gasteiger charge is 2.13. The summed E-state index contributed by atoms with van der Waals surface area (Å²) >= 11 is 0. The third-order valence-corrected chi connectivity index (χ3v) is 4.19. The van der Waals surface area contributed by atoms with E-state index in [1.807, 2.05) is 37.3 Å². The molecule has 3 rings (SSSR count). The maximum atomic E-state index is 12.0. The van der Waals surface area contributed by atoms with Crippen LogP contribution in [0.25, 0.3) is 22.2 Å². The first-order valence-corrected chi connectivity index (χ1v) is 8.77. The zero-order valence-electron chi connectivity index (χ0n) is 14.7. The molecule has 130 valence electrons. The van der Waals surface area contributed by atoms with Crippen LogP contribution in [0.5, 0.6) is 0 Å². The van der Waals surface area contributed by atoms with Crippen molar-refractivity contribution in [3.05, 3.63) is 48.4 Å². The lowest BCUT2D eigenvalue weighted by Crippen LogP contribution is -2.32. The number of carbonyl (C=O) groups excluding carboxylic acids is 1. The number of aryl methyl sites for hydroxylation is 1. The van der Waals surface area contributed by atoms with Crippen LogP contribution in [-0.2, 0) is 11.2 Å². The van der Waals surface area contributed by atoms with Gasteiger partial charge in [-0.1, -0.05) is 61.0 Å². The third-order valence-electron chi connectivity index (χ3n) is 4.19. The largest absolute Gasteiger partial charge is 0.354 e. The van der Waals surface area contributed by atoms with Gasteiger partial charge in [0.1, 0.15) is 0 Å². The van der Waals surface area contributed by atoms with Gasteiger partial charge in [0.2, 0.25) is 17.6 Å². The van der Waals surface area contributed by atoms with Crippen molar-refractivity contribution in [3.63, 3.8) is 0 Å². The maximum Gasteiger partial charge on any atom is 0.227 e. The Hall–Kier alpha value is -2.69. The predicted molar refractivity (Wildman–Crippen MR) is 98.1 cm³/mol. The number of amides is 1. The summed E-state index contributed by atoms with van der Waals surface area (Å²) in [6.45, 7) is 4.13. The Morgan fingerprint density at radius 3 is 2.84 bits per heavy atom. The first-order chi connectivity index (χ1) is 12.2. The molecule has 3 aromatic rings. The van der Waals surface area contributed by atoms with E-state index >= 15 is 0 Å². The monoisotopic (exact) mass is 337 g/mol. The number of hydrogen-bond donors (Lipinski definition) is 1. The van der Waals surface area contributed by atoms with Crippen molar-refractivity contribution in [2.75, 3.05) is 0 Å². The van der Waals surface area contributed by atoms with Crippen molar-refractivity contribution < 1.29 is 9.32 Å². The van der Waals surface area contributed by atoms with Gasteiger partial charge < -0.3 is 9.84 Å². The second-order valence-corrected chi connectivity index (χ2v) is 6.30. The predicted octanol–water partition coefficient (Wildman–Crippen LogP) is 4.13. The van der Waals surface area contributed by atoms with Gasteiger partial charge in [0.15, 0.2) is 0 Å². The van der Waals surface area contributed by atoms with E-state index in [9.17, 15) is 4.79 Å². The fourth-order valence-corrected chi connectivity index (χ4v) is 2.96. The average Bonchev–Trinajstić information content (AvgIpc) is 3.08. The number of benzene rings is 2. The van der Waals surface area contributed by atoms with Gasteiger partial charge in [0.05, 0.1) is 0 Å². The van der Waals surface area contributed by atoms with Crippen LogP contribution < -0.4 is 5.32 Å². The number of hydrogen-bond acceptors (Lipinski definition) is 4. The van der Waals surface area contributed by atoms with Gasteiger partial charge in [-0.25, -0.2) is 0 Å². The number of nitrogens with one attached hydrogen (secondary N) is 1. The molecule has 0 radical (unpaired) electrons. The summed E-state index contributed by atoms with van der Waals surface area (Å²) in [7, 11) is 0. The molecule has 0 aliphatic rings. The standard InChI is InChI=1S/C20H23N3O2/c1-3-7-14(2)21-18(24)12-13-19-22-20(23-25-19)17-11-6-9-15-8-4-5-10-16(15)17/h4-6,8-11,14H,3,7,12-13H2,1-2H3,(H,21,24)/t14-/m0/s1. The van der Waals surface area contributed by atoms with Crippen molar-refractivity contribution in [1.82, 2.24) is 15.5 Å². The van der Waals surface area contributed by atoms with Crippen LogP contribution in [0.4, 0.5) is 0 Å². The topological polar surface area (TPSA) is 68.0 Å². The number of nitrogens with zero attached hydrogens (tertiary/aromatic N) is 2. The highest BCUT2D eigenvalue weighted by molar-refractivity contribution is 5.94. The third kappa shape index (κ3) is 4.24. The molecule has 5 nitrogen and oxygen atoms in total. The van der Waals surface area contributed by atoms with Gasteiger partial charge in [-0.2, -0.15) is 4.98 Å². The Morgan fingerprint density at radius 2 is 2.00 bits per heavy atom. The molecule has 1 atom stereocenters. The van der Waals surface area contributed by atoms with E-state index in [0.29, 0.717) is 24.6 Å². The molecule has 2 aromatic carbocycles. The summed E-state index contributed by atoms with van der Waals surface area (Å²) < 4.78 is 5.33. The molecule has 0 unspecified atom stereocenters.